The molecule has 0 amide bonds. The number of nitrogens with zero attached hydrogens (tertiary/aromatic N) is 4. The van der Waals surface area contributed by atoms with Crippen LogP contribution in [0.4, 0.5) is 5.95 Å². The van der Waals surface area contributed by atoms with Gasteiger partial charge in [-0.05, 0) is 36.1 Å². The van der Waals surface area contributed by atoms with Crippen LogP contribution in [-0.4, -0.2) is 48.5 Å². The van der Waals surface area contributed by atoms with Crippen molar-refractivity contribution in [2.24, 2.45) is 11.8 Å². The van der Waals surface area contributed by atoms with Crippen LogP contribution in [0.15, 0.2) is 36.4 Å². The van der Waals surface area contributed by atoms with Crippen molar-refractivity contribution in [2.75, 3.05) is 18.0 Å². The van der Waals surface area contributed by atoms with Gasteiger partial charge in [0.2, 0.25) is 5.95 Å². The molecular formula is C23H28N4O4. The van der Waals surface area contributed by atoms with Crippen LogP contribution < -0.4 is 4.90 Å². The third-order valence-electron chi connectivity index (χ3n) is 4.52. The van der Waals surface area contributed by atoms with Gasteiger partial charge in [-0.1, -0.05) is 27.7 Å². The second kappa shape index (κ2) is 9.07. The van der Waals surface area contributed by atoms with Crippen molar-refractivity contribution in [1.29, 1.82) is 0 Å². The zero-order valence-corrected chi connectivity index (χ0v) is 18.1. The van der Waals surface area contributed by atoms with Crippen LogP contribution in [-0.2, 0) is 0 Å². The lowest BCUT2D eigenvalue weighted by Gasteiger charge is -2.27. The third kappa shape index (κ3) is 5.33. The average Bonchev–Trinajstić information content (AvgIpc) is 2.66. The van der Waals surface area contributed by atoms with E-state index in [9.17, 15) is 20.4 Å². The fourth-order valence-electron chi connectivity index (χ4n) is 3.28. The highest BCUT2D eigenvalue weighted by molar-refractivity contribution is 5.71. The first-order valence-electron chi connectivity index (χ1n) is 10.2. The Morgan fingerprint density at radius 1 is 0.677 bits per heavy atom. The summed E-state index contributed by atoms with van der Waals surface area (Å²) in [7, 11) is 0. The monoisotopic (exact) mass is 424 g/mol. The van der Waals surface area contributed by atoms with Crippen molar-refractivity contribution < 1.29 is 20.4 Å². The van der Waals surface area contributed by atoms with Crippen LogP contribution in [0.25, 0.3) is 22.8 Å². The van der Waals surface area contributed by atoms with Crippen molar-refractivity contribution in [2.45, 2.75) is 27.7 Å². The van der Waals surface area contributed by atoms with Gasteiger partial charge >= 0.3 is 0 Å². The van der Waals surface area contributed by atoms with E-state index in [2.05, 4.69) is 47.5 Å². The molecule has 0 spiro atoms. The molecule has 0 saturated carbocycles. The summed E-state index contributed by atoms with van der Waals surface area (Å²) in [5.41, 5.74) is 0.657. The number of anilines is 1. The van der Waals surface area contributed by atoms with Crippen LogP contribution in [0.3, 0.4) is 0 Å². The predicted molar refractivity (Wildman–Crippen MR) is 119 cm³/mol. The molecule has 8 heteroatoms. The topological polar surface area (TPSA) is 123 Å². The molecule has 2 aromatic carbocycles. The normalized spacial score (nSPS) is 11.3. The van der Waals surface area contributed by atoms with E-state index < -0.39 is 0 Å². The summed E-state index contributed by atoms with van der Waals surface area (Å²) in [5, 5.41) is 40.0. The van der Waals surface area contributed by atoms with E-state index in [0.717, 1.165) is 0 Å². The fraction of sp³-hybridized carbons (Fsp3) is 0.348. The number of aromatic hydroxyl groups is 4. The van der Waals surface area contributed by atoms with Gasteiger partial charge in [-0.25, -0.2) is 4.98 Å². The maximum absolute atomic E-state index is 10.4. The molecule has 0 saturated heterocycles. The van der Waals surface area contributed by atoms with Crippen LogP contribution in [0.2, 0.25) is 0 Å². The quantitative estimate of drug-likeness (QED) is 0.446. The highest BCUT2D eigenvalue weighted by Crippen LogP contribution is 2.35. The number of rotatable bonds is 7. The van der Waals surface area contributed by atoms with E-state index in [4.69, 9.17) is 0 Å². The van der Waals surface area contributed by atoms with Gasteiger partial charge in [0, 0.05) is 25.2 Å². The molecule has 0 unspecified atom stereocenters. The summed E-state index contributed by atoms with van der Waals surface area (Å²) in [6, 6.07) is 8.37. The van der Waals surface area contributed by atoms with Gasteiger partial charge in [0.05, 0.1) is 11.1 Å². The first kappa shape index (κ1) is 22.1. The van der Waals surface area contributed by atoms with Crippen LogP contribution in [0.5, 0.6) is 23.0 Å². The third-order valence-corrected chi connectivity index (χ3v) is 4.52. The molecule has 164 valence electrons. The number of phenols is 4. The van der Waals surface area contributed by atoms with E-state index >= 15 is 0 Å². The molecule has 1 aromatic heterocycles. The molecule has 0 aliphatic carbocycles. The Bertz CT molecular complexity index is 990. The Hall–Kier alpha value is -3.55. The molecule has 0 aliphatic rings. The molecule has 3 aromatic rings. The Balaban J connectivity index is 2.22. The van der Waals surface area contributed by atoms with Crippen LogP contribution in [0, 0.1) is 11.8 Å². The zero-order valence-electron chi connectivity index (χ0n) is 18.1. The van der Waals surface area contributed by atoms with Crippen molar-refractivity contribution in [3.8, 4) is 45.8 Å². The summed E-state index contributed by atoms with van der Waals surface area (Å²) in [5.74, 6) is 1.06. The molecule has 0 fully saturated rings. The summed E-state index contributed by atoms with van der Waals surface area (Å²) in [6.07, 6.45) is 0. The van der Waals surface area contributed by atoms with E-state index in [1.54, 1.807) is 0 Å². The lowest BCUT2D eigenvalue weighted by Crippen LogP contribution is -2.33. The lowest BCUT2D eigenvalue weighted by molar-refractivity contribution is 0.451. The Morgan fingerprint density at radius 3 is 1.45 bits per heavy atom. The van der Waals surface area contributed by atoms with Gasteiger partial charge in [-0.2, -0.15) is 9.97 Å². The number of benzene rings is 2. The van der Waals surface area contributed by atoms with Crippen molar-refractivity contribution in [3.63, 3.8) is 0 Å². The van der Waals surface area contributed by atoms with Gasteiger partial charge in [0.15, 0.2) is 11.6 Å². The van der Waals surface area contributed by atoms with E-state index in [1.807, 2.05) is 0 Å². The lowest BCUT2D eigenvalue weighted by atomic mass is 10.1. The second-order valence-electron chi connectivity index (χ2n) is 8.38. The molecule has 0 radical (unpaired) electrons. The molecule has 1 heterocycles. The zero-order chi connectivity index (χ0) is 22.7. The highest BCUT2D eigenvalue weighted by atomic mass is 16.3. The van der Waals surface area contributed by atoms with Crippen molar-refractivity contribution in [3.05, 3.63) is 36.4 Å². The molecule has 0 bridgehead atoms. The van der Waals surface area contributed by atoms with E-state index in [1.165, 1.54) is 36.4 Å². The smallest absolute Gasteiger partial charge is 0.229 e. The Morgan fingerprint density at radius 2 is 1.10 bits per heavy atom. The van der Waals surface area contributed by atoms with Crippen LogP contribution in [0.1, 0.15) is 27.7 Å². The van der Waals surface area contributed by atoms with Gasteiger partial charge in [-0.3, -0.25) is 0 Å². The fourth-order valence-corrected chi connectivity index (χ4v) is 3.28. The maximum Gasteiger partial charge on any atom is 0.229 e. The first-order valence-corrected chi connectivity index (χ1v) is 10.2. The van der Waals surface area contributed by atoms with Gasteiger partial charge in [-0.15, -0.1) is 0 Å². The minimum atomic E-state index is -0.169. The van der Waals surface area contributed by atoms with Gasteiger partial charge in [0.25, 0.3) is 0 Å². The van der Waals surface area contributed by atoms with Crippen LogP contribution >= 0.6 is 0 Å². The van der Waals surface area contributed by atoms with Crippen molar-refractivity contribution >= 4 is 5.95 Å². The number of aromatic nitrogens is 3. The maximum atomic E-state index is 10.4. The minimum Gasteiger partial charge on any atom is -0.508 e. The predicted octanol–water partition coefficient (Wildman–Crippen LogP) is 4.15. The molecule has 31 heavy (non-hydrogen) atoms. The molecule has 8 nitrogen and oxygen atoms in total. The summed E-state index contributed by atoms with van der Waals surface area (Å²) in [4.78, 5) is 15.7. The summed E-state index contributed by atoms with van der Waals surface area (Å²) >= 11 is 0. The van der Waals surface area contributed by atoms with Gasteiger partial charge < -0.3 is 25.3 Å². The largest absolute Gasteiger partial charge is 0.508 e. The van der Waals surface area contributed by atoms with Gasteiger partial charge in [0.1, 0.15) is 23.0 Å². The summed E-state index contributed by atoms with van der Waals surface area (Å²) in [6.45, 7) is 9.85. The van der Waals surface area contributed by atoms with Crippen molar-refractivity contribution in [1.82, 2.24) is 15.0 Å². The number of hydrogen-bond donors (Lipinski definition) is 4. The first-order chi connectivity index (χ1) is 14.6. The van der Waals surface area contributed by atoms with E-state index in [0.29, 0.717) is 42.0 Å². The molecule has 4 N–H and O–H groups in total. The average molecular weight is 425 g/mol. The molecule has 0 aliphatic heterocycles. The molecule has 0 atom stereocenters. The SMILES string of the molecule is CC(C)CN(CC(C)C)c1nc(-c2ccc(O)cc2O)nc(-c2ccc(O)cc2O)n1. The minimum absolute atomic E-state index is 0.0758. The second-order valence-corrected chi connectivity index (χ2v) is 8.38. The molecule has 3 rings (SSSR count). The standard InChI is InChI=1S/C23H28N4O4/c1-13(2)11-27(12-14(3)4)23-25-21(17-7-5-15(28)9-19(17)30)24-22(26-23)18-8-6-16(29)10-20(18)31/h5-10,13-14,28-31H,11-12H2,1-4H3. The molecular weight excluding hydrogens is 396 g/mol. The number of hydrogen-bond acceptors (Lipinski definition) is 8. The summed E-state index contributed by atoms with van der Waals surface area (Å²) < 4.78 is 0. The number of phenolic OH excluding ortho intramolecular Hbond substituents is 4. The highest BCUT2D eigenvalue weighted by Gasteiger charge is 2.20. The Kier molecular flexibility index (Phi) is 6.48. The Labute approximate surface area is 181 Å². The van der Waals surface area contributed by atoms with E-state index in [-0.39, 0.29) is 34.6 Å².